The predicted octanol–water partition coefficient (Wildman–Crippen LogP) is 4.94. The van der Waals surface area contributed by atoms with Gasteiger partial charge in [-0.15, -0.1) is 0 Å². The largest absolute Gasteiger partial charge is 0.481 e. The van der Waals surface area contributed by atoms with Crippen LogP contribution in [0.2, 0.25) is 0 Å². The monoisotopic (exact) mass is 413 g/mol. The number of anilines is 2. The van der Waals surface area contributed by atoms with Crippen LogP contribution in [0.4, 0.5) is 20.2 Å². The van der Waals surface area contributed by atoms with Gasteiger partial charge in [0, 0.05) is 28.6 Å². The highest BCUT2D eigenvalue weighted by Gasteiger charge is 2.32. The molecule has 1 aliphatic heterocycles. The SMILES string of the molecule is COc1ccc(-c2cccc(-c3ccccc3F)c2B2Nc3ccccc3N2)c(F)n1. The molecule has 3 aromatic carbocycles. The summed E-state index contributed by atoms with van der Waals surface area (Å²) in [6.45, 7) is -0.385. The highest BCUT2D eigenvalue weighted by atomic mass is 19.1. The Balaban J connectivity index is 1.73. The van der Waals surface area contributed by atoms with Gasteiger partial charge in [0.1, 0.15) is 5.82 Å². The third kappa shape index (κ3) is 3.38. The minimum absolute atomic E-state index is 0.192. The maximum Gasteiger partial charge on any atom is 0.407 e. The van der Waals surface area contributed by atoms with Crippen molar-refractivity contribution >= 4 is 23.8 Å². The molecule has 0 radical (unpaired) electrons. The Kier molecular flexibility index (Phi) is 4.78. The number of hydrogen-bond acceptors (Lipinski definition) is 4. The van der Waals surface area contributed by atoms with E-state index in [4.69, 9.17) is 4.74 Å². The van der Waals surface area contributed by atoms with Crippen molar-refractivity contribution in [2.45, 2.75) is 0 Å². The predicted molar refractivity (Wildman–Crippen MR) is 121 cm³/mol. The van der Waals surface area contributed by atoms with Crippen molar-refractivity contribution in [3.05, 3.63) is 90.6 Å². The molecule has 5 rings (SSSR count). The molecule has 0 saturated heterocycles. The maximum absolute atomic E-state index is 15.0. The number of ether oxygens (including phenoxy) is 1. The first-order valence-electron chi connectivity index (χ1n) is 9.86. The number of fused-ring (bicyclic) bond motifs is 1. The zero-order valence-corrected chi connectivity index (χ0v) is 16.7. The highest BCUT2D eigenvalue weighted by molar-refractivity contribution is 6.83. The molecule has 0 atom stereocenters. The van der Waals surface area contributed by atoms with Crippen molar-refractivity contribution in [1.29, 1.82) is 0 Å². The molecule has 0 amide bonds. The Morgan fingerprint density at radius 3 is 1.97 bits per heavy atom. The summed E-state index contributed by atoms with van der Waals surface area (Å²) in [5.41, 5.74) is 4.63. The molecule has 0 bridgehead atoms. The first-order valence-corrected chi connectivity index (χ1v) is 9.86. The number of rotatable bonds is 4. The summed E-state index contributed by atoms with van der Waals surface area (Å²) >= 11 is 0. The van der Waals surface area contributed by atoms with E-state index in [9.17, 15) is 8.78 Å². The average Bonchev–Trinajstić information content (AvgIpc) is 3.23. The lowest BCUT2D eigenvalue weighted by Crippen LogP contribution is -2.44. The van der Waals surface area contributed by atoms with Gasteiger partial charge in [-0.05, 0) is 40.9 Å². The minimum atomic E-state index is -0.651. The van der Waals surface area contributed by atoms with Crippen molar-refractivity contribution in [2.24, 2.45) is 0 Å². The molecule has 7 heteroatoms. The molecule has 1 aliphatic rings. The van der Waals surface area contributed by atoms with Crippen LogP contribution in [0.3, 0.4) is 0 Å². The van der Waals surface area contributed by atoms with Crippen molar-refractivity contribution in [2.75, 3.05) is 17.6 Å². The molecule has 152 valence electrons. The summed E-state index contributed by atoms with van der Waals surface area (Å²) in [7, 11) is 1.44. The van der Waals surface area contributed by atoms with E-state index in [1.54, 1.807) is 36.4 Å². The van der Waals surface area contributed by atoms with Crippen LogP contribution in [-0.4, -0.2) is 19.1 Å². The van der Waals surface area contributed by atoms with Gasteiger partial charge in [0.05, 0.1) is 7.11 Å². The van der Waals surface area contributed by atoms with Crippen LogP contribution in [0.1, 0.15) is 0 Å². The zero-order valence-electron chi connectivity index (χ0n) is 16.7. The summed E-state index contributed by atoms with van der Waals surface area (Å²) < 4.78 is 34.8. The van der Waals surface area contributed by atoms with Gasteiger partial charge in [-0.1, -0.05) is 48.5 Å². The van der Waals surface area contributed by atoms with Crippen molar-refractivity contribution in [1.82, 2.24) is 4.98 Å². The second kappa shape index (κ2) is 7.76. The van der Waals surface area contributed by atoms with Crippen molar-refractivity contribution in [3.8, 4) is 28.1 Å². The van der Waals surface area contributed by atoms with Gasteiger partial charge in [-0.2, -0.15) is 9.37 Å². The number of methoxy groups -OCH3 is 1. The number of nitrogens with zero attached hydrogens (tertiary/aromatic N) is 1. The highest BCUT2D eigenvalue weighted by Crippen LogP contribution is 2.32. The number of benzene rings is 3. The number of hydrogen-bond donors (Lipinski definition) is 2. The zero-order chi connectivity index (χ0) is 21.4. The Bertz CT molecular complexity index is 1260. The molecule has 2 N–H and O–H groups in total. The number of halogens is 2. The fourth-order valence-corrected chi connectivity index (χ4v) is 3.98. The maximum atomic E-state index is 15.0. The van der Waals surface area contributed by atoms with Gasteiger partial charge in [-0.25, -0.2) is 4.39 Å². The van der Waals surface area contributed by atoms with E-state index in [-0.39, 0.29) is 18.7 Å². The minimum Gasteiger partial charge on any atom is -0.481 e. The Labute approximate surface area is 179 Å². The molecule has 0 saturated carbocycles. The Hall–Kier alpha value is -3.87. The molecular weight excluding hydrogens is 395 g/mol. The second-order valence-corrected chi connectivity index (χ2v) is 7.21. The van der Waals surface area contributed by atoms with Crippen LogP contribution < -0.4 is 20.7 Å². The number of pyridine rings is 1. The third-order valence-corrected chi connectivity index (χ3v) is 5.41. The molecule has 1 aromatic heterocycles. The molecule has 4 aromatic rings. The van der Waals surface area contributed by atoms with Gasteiger partial charge >= 0.3 is 6.98 Å². The lowest BCUT2D eigenvalue weighted by atomic mass is 9.63. The van der Waals surface area contributed by atoms with Gasteiger partial charge in [0.15, 0.2) is 0 Å². The Morgan fingerprint density at radius 2 is 1.32 bits per heavy atom. The lowest BCUT2D eigenvalue weighted by molar-refractivity contribution is 0.388. The second-order valence-electron chi connectivity index (χ2n) is 7.21. The molecule has 31 heavy (non-hydrogen) atoms. The number of para-hydroxylation sites is 2. The van der Waals surface area contributed by atoms with Crippen LogP contribution in [0, 0.1) is 11.8 Å². The smallest absolute Gasteiger partial charge is 0.407 e. The number of aromatic nitrogens is 1. The fourth-order valence-electron chi connectivity index (χ4n) is 3.98. The lowest BCUT2D eigenvalue weighted by Gasteiger charge is -2.19. The van der Waals surface area contributed by atoms with E-state index in [2.05, 4.69) is 15.4 Å². The van der Waals surface area contributed by atoms with Crippen LogP contribution in [-0.2, 0) is 0 Å². The van der Waals surface area contributed by atoms with E-state index >= 15 is 0 Å². The summed E-state index contributed by atoms with van der Waals surface area (Å²) in [6.07, 6.45) is 0. The molecule has 2 heterocycles. The quantitative estimate of drug-likeness (QED) is 0.368. The fraction of sp³-hybridized carbons (Fsp3) is 0.0417. The van der Waals surface area contributed by atoms with Crippen molar-refractivity contribution < 1.29 is 13.5 Å². The molecule has 0 fully saturated rings. The topological polar surface area (TPSA) is 46.2 Å². The van der Waals surface area contributed by atoms with Gasteiger partial charge in [0.25, 0.3) is 0 Å². The molecule has 0 aliphatic carbocycles. The van der Waals surface area contributed by atoms with E-state index in [0.717, 1.165) is 16.8 Å². The van der Waals surface area contributed by atoms with Crippen molar-refractivity contribution in [3.63, 3.8) is 0 Å². The van der Waals surface area contributed by atoms with E-state index in [0.29, 0.717) is 22.3 Å². The van der Waals surface area contributed by atoms with Crippen LogP contribution in [0.5, 0.6) is 5.88 Å². The molecule has 4 nitrogen and oxygen atoms in total. The first-order chi connectivity index (χ1) is 15.2. The van der Waals surface area contributed by atoms with E-state index < -0.39 is 5.95 Å². The summed E-state index contributed by atoms with van der Waals surface area (Å²) in [5.74, 6) is -0.802. The number of nitrogens with one attached hydrogen (secondary N) is 2. The van der Waals surface area contributed by atoms with Crippen LogP contribution in [0.15, 0.2) is 78.9 Å². The molecule has 0 unspecified atom stereocenters. The first kappa shape index (κ1) is 19.1. The summed E-state index contributed by atoms with van der Waals surface area (Å²) in [4.78, 5) is 3.89. The average molecular weight is 413 g/mol. The van der Waals surface area contributed by atoms with Crippen LogP contribution >= 0.6 is 0 Å². The summed E-state index contributed by atoms with van der Waals surface area (Å²) in [6, 6.07) is 23.1. The van der Waals surface area contributed by atoms with E-state index in [1.165, 1.54) is 13.2 Å². The molecule has 0 spiro atoms. The standard InChI is InChI=1S/C24H18BF2N3O/c1-31-22-14-13-18(24(27)28-22)17-9-6-8-16(15-7-2-3-10-19(15)26)23(17)25-29-20-11-4-5-12-21(20)30-25/h2-14,29-30H,1H3. The Morgan fingerprint density at radius 1 is 0.710 bits per heavy atom. The van der Waals surface area contributed by atoms with Gasteiger partial charge in [-0.3, -0.25) is 0 Å². The van der Waals surface area contributed by atoms with Gasteiger partial charge < -0.3 is 15.2 Å². The third-order valence-electron chi connectivity index (χ3n) is 5.41. The van der Waals surface area contributed by atoms with Crippen LogP contribution in [0.25, 0.3) is 22.3 Å². The summed E-state index contributed by atoms with van der Waals surface area (Å²) in [5, 5.41) is 6.86. The van der Waals surface area contributed by atoms with E-state index in [1.807, 2.05) is 36.4 Å². The van der Waals surface area contributed by atoms with Gasteiger partial charge in [0.2, 0.25) is 11.8 Å². The molecular formula is C24H18BF2N3O. The normalized spacial score (nSPS) is 12.2.